The highest BCUT2D eigenvalue weighted by Crippen LogP contribution is 2.25. The summed E-state index contributed by atoms with van der Waals surface area (Å²) in [5.41, 5.74) is 2.47. The minimum atomic E-state index is 0.0201. The predicted molar refractivity (Wildman–Crippen MR) is 80.2 cm³/mol. The molecule has 5 nitrogen and oxygen atoms in total. The standard InChI is InChI=1S/C16H20N4O/c1-11-5-3-7-14(18-11)16(21)20-8-4-6-13(10-20)15-17-9-12(2)19-15/h3,5,7,9,13H,4,6,8,10H2,1-2H3,(H,17,19)/t13-/m1/s1. The number of likely N-dealkylation sites (tertiary alicyclic amines) is 1. The molecule has 0 bridgehead atoms. The number of rotatable bonds is 2. The molecule has 5 heteroatoms. The Labute approximate surface area is 124 Å². The van der Waals surface area contributed by atoms with Crippen molar-refractivity contribution in [3.05, 3.63) is 47.3 Å². The minimum Gasteiger partial charge on any atom is -0.346 e. The topological polar surface area (TPSA) is 61.9 Å². The number of nitrogens with one attached hydrogen (secondary N) is 1. The summed E-state index contributed by atoms with van der Waals surface area (Å²) in [6.07, 6.45) is 3.91. The monoisotopic (exact) mass is 284 g/mol. The molecule has 1 fully saturated rings. The molecule has 0 radical (unpaired) electrons. The Balaban J connectivity index is 1.75. The molecule has 3 heterocycles. The summed E-state index contributed by atoms with van der Waals surface area (Å²) in [5, 5.41) is 0. The first-order chi connectivity index (χ1) is 10.1. The number of nitrogens with zero attached hydrogens (tertiary/aromatic N) is 3. The number of imidazole rings is 1. The Morgan fingerprint density at radius 3 is 2.95 bits per heavy atom. The fraction of sp³-hybridized carbons (Fsp3) is 0.438. The van der Waals surface area contributed by atoms with E-state index in [0.29, 0.717) is 18.2 Å². The van der Waals surface area contributed by atoms with Crippen molar-refractivity contribution in [3.8, 4) is 0 Å². The largest absolute Gasteiger partial charge is 0.346 e. The fourth-order valence-electron chi connectivity index (χ4n) is 2.85. The van der Waals surface area contributed by atoms with Gasteiger partial charge in [-0.2, -0.15) is 0 Å². The third-order valence-electron chi connectivity index (χ3n) is 3.93. The molecule has 1 saturated heterocycles. The van der Waals surface area contributed by atoms with E-state index in [9.17, 15) is 4.79 Å². The van der Waals surface area contributed by atoms with E-state index in [1.54, 1.807) is 6.07 Å². The summed E-state index contributed by atoms with van der Waals surface area (Å²) in [7, 11) is 0. The number of carbonyl (C=O) groups is 1. The number of aryl methyl sites for hydroxylation is 2. The van der Waals surface area contributed by atoms with E-state index in [1.807, 2.05) is 37.1 Å². The zero-order chi connectivity index (χ0) is 14.8. The summed E-state index contributed by atoms with van der Waals surface area (Å²) in [6.45, 7) is 5.41. The van der Waals surface area contributed by atoms with Gasteiger partial charge in [-0.3, -0.25) is 4.79 Å². The van der Waals surface area contributed by atoms with Crippen LogP contribution in [0.5, 0.6) is 0 Å². The van der Waals surface area contributed by atoms with Crippen molar-refractivity contribution >= 4 is 5.91 Å². The molecule has 0 saturated carbocycles. The lowest BCUT2D eigenvalue weighted by atomic mass is 9.97. The molecule has 1 aliphatic heterocycles. The first-order valence-corrected chi connectivity index (χ1v) is 7.38. The molecule has 2 aromatic rings. The van der Waals surface area contributed by atoms with Crippen LogP contribution in [0.15, 0.2) is 24.4 Å². The van der Waals surface area contributed by atoms with Crippen LogP contribution in [0.25, 0.3) is 0 Å². The lowest BCUT2D eigenvalue weighted by molar-refractivity contribution is 0.0698. The van der Waals surface area contributed by atoms with Crippen LogP contribution >= 0.6 is 0 Å². The van der Waals surface area contributed by atoms with Gasteiger partial charge in [0.15, 0.2) is 0 Å². The lowest BCUT2D eigenvalue weighted by Crippen LogP contribution is -2.39. The normalized spacial score (nSPS) is 18.8. The highest BCUT2D eigenvalue weighted by molar-refractivity contribution is 5.92. The second-order valence-corrected chi connectivity index (χ2v) is 5.71. The Bertz CT molecular complexity index is 649. The van der Waals surface area contributed by atoms with Crippen LogP contribution in [-0.4, -0.2) is 38.8 Å². The number of hydrogen-bond donors (Lipinski definition) is 1. The van der Waals surface area contributed by atoms with E-state index in [2.05, 4.69) is 15.0 Å². The van der Waals surface area contributed by atoms with Gasteiger partial charge in [0, 0.05) is 36.6 Å². The second-order valence-electron chi connectivity index (χ2n) is 5.71. The number of carbonyl (C=O) groups excluding carboxylic acids is 1. The van der Waals surface area contributed by atoms with E-state index < -0.39 is 0 Å². The van der Waals surface area contributed by atoms with Gasteiger partial charge in [0.1, 0.15) is 11.5 Å². The van der Waals surface area contributed by atoms with E-state index in [1.165, 1.54) is 0 Å². The highest BCUT2D eigenvalue weighted by Gasteiger charge is 2.27. The second kappa shape index (κ2) is 5.68. The van der Waals surface area contributed by atoms with Gasteiger partial charge in [-0.25, -0.2) is 9.97 Å². The molecule has 110 valence electrons. The summed E-state index contributed by atoms with van der Waals surface area (Å²) in [5.74, 6) is 1.30. The predicted octanol–water partition coefficient (Wildman–Crippen LogP) is 2.44. The maximum Gasteiger partial charge on any atom is 0.272 e. The van der Waals surface area contributed by atoms with Crippen LogP contribution in [-0.2, 0) is 0 Å². The summed E-state index contributed by atoms with van der Waals surface area (Å²) in [6, 6.07) is 5.57. The lowest BCUT2D eigenvalue weighted by Gasteiger charge is -2.31. The number of aromatic nitrogens is 3. The average Bonchev–Trinajstić information content (AvgIpc) is 2.93. The number of piperidine rings is 1. The van der Waals surface area contributed by atoms with Gasteiger partial charge >= 0.3 is 0 Å². The van der Waals surface area contributed by atoms with Crippen molar-refractivity contribution in [1.82, 2.24) is 19.9 Å². The van der Waals surface area contributed by atoms with Crippen LogP contribution in [0.3, 0.4) is 0 Å². The van der Waals surface area contributed by atoms with E-state index in [0.717, 1.165) is 36.6 Å². The van der Waals surface area contributed by atoms with E-state index in [4.69, 9.17) is 0 Å². The van der Waals surface area contributed by atoms with Gasteiger partial charge in [0.2, 0.25) is 0 Å². The SMILES string of the molecule is Cc1cccc(C(=O)N2CCC[C@@H](c3ncc(C)[nH]3)C2)n1. The molecule has 1 N–H and O–H groups in total. The Kier molecular flexibility index (Phi) is 3.73. The van der Waals surface area contributed by atoms with Crippen LogP contribution in [0.4, 0.5) is 0 Å². The molecule has 1 aliphatic rings. The number of aromatic amines is 1. The van der Waals surface area contributed by atoms with Gasteiger partial charge in [0.05, 0.1) is 0 Å². The van der Waals surface area contributed by atoms with Gasteiger partial charge in [-0.1, -0.05) is 6.07 Å². The molecule has 3 rings (SSSR count). The summed E-state index contributed by atoms with van der Waals surface area (Å²) < 4.78 is 0. The first-order valence-electron chi connectivity index (χ1n) is 7.38. The molecule has 1 atom stereocenters. The Morgan fingerprint density at radius 2 is 2.24 bits per heavy atom. The van der Waals surface area contributed by atoms with Crippen LogP contribution < -0.4 is 0 Å². The maximum absolute atomic E-state index is 12.6. The van der Waals surface area contributed by atoms with Crippen molar-refractivity contribution in [2.75, 3.05) is 13.1 Å². The fourth-order valence-corrected chi connectivity index (χ4v) is 2.85. The van der Waals surface area contributed by atoms with Crippen molar-refractivity contribution in [2.45, 2.75) is 32.6 Å². The first kappa shape index (κ1) is 13.8. The van der Waals surface area contributed by atoms with Gasteiger partial charge < -0.3 is 9.88 Å². The van der Waals surface area contributed by atoms with Gasteiger partial charge in [-0.15, -0.1) is 0 Å². The van der Waals surface area contributed by atoms with Crippen molar-refractivity contribution in [1.29, 1.82) is 0 Å². The number of hydrogen-bond acceptors (Lipinski definition) is 3. The number of pyridine rings is 1. The molecular weight excluding hydrogens is 264 g/mol. The maximum atomic E-state index is 12.6. The van der Waals surface area contributed by atoms with Crippen LogP contribution in [0.1, 0.15) is 46.5 Å². The Hall–Kier alpha value is -2.17. The third-order valence-corrected chi connectivity index (χ3v) is 3.93. The third kappa shape index (κ3) is 2.96. The Morgan fingerprint density at radius 1 is 1.38 bits per heavy atom. The average molecular weight is 284 g/mol. The summed E-state index contributed by atoms with van der Waals surface area (Å²) >= 11 is 0. The quantitative estimate of drug-likeness (QED) is 0.921. The zero-order valence-corrected chi connectivity index (χ0v) is 12.5. The van der Waals surface area contributed by atoms with Crippen molar-refractivity contribution in [3.63, 3.8) is 0 Å². The molecule has 0 unspecified atom stereocenters. The molecule has 0 aliphatic carbocycles. The minimum absolute atomic E-state index is 0.0201. The van der Waals surface area contributed by atoms with Crippen LogP contribution in [0, 0.1) is 13.8 Å². The zero-order valence-electron chi connectivity index (χ0n) is 12.5. The molecule has 2 aromatic heterocycles. The highest BCUT2D eigenvalue weighted by atomic mass is 16.2. The van der Waals surface area contributed by atoms with Crippen LogP contribution in [0.2, 0.25) is 0 Å². The molecule has 21 heavy (non-hydrogen) atoms. The number of H-pyrrole nitrogens is 1. The smallest absolute Gasteiger partial charge is 0.272 e. The molecule has 0 spiro atoms. The van der Waals surface area contributed by atoms with Crippen molar-refractivity contribution < 1.29 is 4.79 Å². The summed E-state index contributed by atoms with van der Waals surface area (Å²) in [4.78, 5) is 26.5. The molecular formula is C16H20N4O. The van der Waals surface area contributed by atoms with E-state index in [-0.39, 0.29) is 5.91 Å². The van der Waals surface area contributed by atoms with Gasteiger partial charge in [0.25, 0.3) is 5.91 Å². The van der Waals surface area contributed by atoms with Crippen molar-refractivity contribution in [2.24, 2.45) is 0 Å². The van der Waals surface area contributed by atoms with Gasteiger partial charge in [-0.05, 0) is 38.8 Å². The number of amides is 1. The van der Waals surface area contributed by atoms with E-state index >= 15 is 0 Å². The molecule has 1 amide bonds. The molecule has 0 aromatic carbocycles.